The van der Waals surface area contributed by atoms with E-state index in [0.717, 1.165) is 37.9 Å². The molecule has 0 aromatic heterocycles. The molecule has 2 saturated heterocycles. The lowest BCUT2D eigenvalue weighted by Gasteiger charge is -2.29. The Labute approximate surface area is 160 Å². The van der Waals surface area contributed by atoms with Gasteiger partial charge in [-0.25, -0.2) is 0 Å². The van der Waals surface area contributed by atoms with E-state index in [-0.39, 0.29) is 0 Å². The van der Waals surface area contributed by atoms with Crippen LogP contribution >= 0.6 is 15.9 Å². The Kier molecular flexibility index (Phi) is 6.59. The van der Waals surface area contributed by atoms with E-state index in [2.05, 4.69) is 72.7 Å². The molecule has 0 bridgehead atoms. The number of anilines is 1. The highest BCUT2D eigenvalue weighted by molar-refractivity contribution is 9.10. The van der Waals surface area contributed by atoms with Crippen molar-refractivity contribution in [2.24, 2.45) is 10.9 Å². The van der Waals surface area contributed by atoms with Crippen LogP contribution in [0.4, 0.5) is 5.69 Å². The molecular formula is C19H30BrN5. The summed E-state index contributed by atoms with van der Waals surface area (Å²) in [4.78, 5) is 9.27. The first-order valence-electron chi connectivity index (χ1n) is 9.31. The van der Waals surface area contributed by atoms with Crippen molar-refractivity contribution in [2.45, 2.75) is 25.3 Å². The fraction of sp³-hybridized carbons (Fsp3) is 0.632. The van der Waals surface area contributed by atoms with Gasteiger partial charge in [0.15, 0.2) is 5.96 Å². The third-order valence-electron chi connectivity index (χ3n) is 5.34. The molecule has 1 unspecified atom stereocenters. The number of hydrogen-bond acceptors (Lipinski definition) is 3. The van der Waals surface area contributed by atoms with Crippen LogP contribution in [-0.2, 0) is 0 Å². The molecule has 0 spiro atoms. The quantitative estimate of drug-likeness (QED) is 0.594. The Morgan fingerprint density at radius 3 is 2.68 bits per heavy atom. The lowest BCUT2D eigenvalue weighted by atomic mass is 9.97. The van der Waals surface area contributed by atoms with Gasteiger partial charge in [0.2, 0.25) is 0 Å². The van der Waals surface area contributed by atoms with Crippen LogP contribution in [0.15, 0.2) is 33.7 Å². The number of rotatable bonds is 4. The molecule has 5 nitrogen and oxygen atoms in total. The Morgan fingerprint density at radius 1 is 1.20 bits per heavy atom. The minimum absolute atomic E-state index is 0.441. The summed E-state index contributed by atoms with van der Waals surface area (Å²) < 4.78 is 1.17. The van der Waals surface area contributed by atoms with Crippen molar-refractivity contribution in [3.8, 4) is 0 Å². The van der Waals surface area contributed by atoms with Gasteiger partial charge in [0, 0.05) is 37.2 Å². The van der Waals surface area contributed by atoms with E-state index in [1.807, 2.05) is 7.05 Å². The fourth-order valence-electron chi connectivity index (χ4n) is 3.70. The molecule has 2 aliphatic rings. The Hall–Kier alpha value is -1.27. The summed E-state index contributed by atoms with van der Waals surface area (Å²) in [6.07, 6.45) is 3.69. The summed E-state index contributed by atoms with van der Waals surface area (Å²) in [6.45, 7) is 5.53. The zero-order valence-electron chi connectivity index (χ0n) is 15.3. The molecule has 2 heterocycles. The fourth-order valence-corrected chi connectivity index (χ4v) is 4.24. The minimum atomic E-state index is 0.441. The number of hydrogen-bond donors (Lipinski definition) is 2. The molecule has 1 aromatic rings. The van der Waals surface area contributed by atoms with Gasteiger partial charge in [-0.1, -0.05) is 12.1 Å². The molecule has 2 aliphatic heterocycles. The number of benzene rings is 1. The summed E-state index contributed by atoms with van der Waals surface area (Å²) in [6, 6.07) is 8.89. The lowest BCUT2D eigenvalue weighted by molar-refractivity contribution is 0.220. The second-order valence-corrected chi connectivity index (χ2v) is 8.08. The largest absolute Gasteiger partial charge is 0.368 e. The molecule has 6 heteroatoms. The second kappa shape index (κ2) is 8.90. The minimum Gasteiger partial charge on any atom is -0.368 e. The molecule has 138 valence electrons. The van der Waals surface area contributed by atoms with Crippen molar-refractivity contribution in [1.82, 2.24) is 15.5 Å². The van der Waals surface area contributed by atoms with E-state index in [9.17, 15) is 0 Å². The van der Waals surface area contributed by atoms with Gasteiger partial charge in [0.25, 0.3) is 0 Å². The number of nitrogens with zero attached hydrogens (tertiary/aromatic N) is 3. The monoisotopic (exact) mass is 407 g/mol. The van der Waals surface area contributed by atoms with Gasteiger partial charge in [-0.05, 0) is 73.4 Å². The van der Waals surface area contributed by atoms with Crippen LogP contribution < -0.4 is 15.5 Å². The zero-order chi connectivity index (χ0) is 17.6. The van der Waals surface area contributed by atoms with Gasteiger partial charge < -0.3 is 20.4 Å². The van der Waals surface area contributed by atoms with Crippen LogP contribution in [0.25, 0.3) is 0 Å². The van der Waals surface area contributed by atoms with E-state index in [0.29, 0.717) is 6.04 Å². The lowest BCUT2D eigenvalue weighted by Crippen LogP contribution is -2.46. The van der Waals surface area contributed by atoms with Gasteiger partial charge in [-0.3, -0.25) is 4.99 Å². The molecule has 1 aromatic carbocycles. The standard InChI is InChI=1S/C19H30BrN5/c1-21-19(22-13-15-7-10-24(2)11-8-15)23-16-9-12-25(14-16)18-6-4-3-5-17(18)20/h3-6,15-16H,7-14H2,1-2H3,(H2,21,22,23). The van der Waals surface area contributed by atoms with Crippen LogP contribution in [-0.4, -0.2) is 63.7 Å². The summed E-state index contributed by atoms with van der Waals surface area (Å²) in [5.74, 6) is 1.70. The number of nitrogens with one attached hydrogen (secondary N) is 2. The molecule has 0 saturated carbocycles. The third kappa shape index (κ3) is 5.11. The zero-order valence-corrected chi connectivity index (χ0v) is 16.9. The van der Waals surface area contributed by atoms with E-state index in [1.54, 1.807) is 0 Å². The van der Waals surface area contributed by atoms with Crippen molar-refractivity contribution >= 4 is 27.6 Å². The van der Waals surface area contributed by atoms with Crippen molar-refractivity contribution in [3.05, 3.63) is 28.7 Å². The van der Waals surface area contributed by atoms with Gasteiger partial charge in [0.05, 0.1) is 5.69 Å². The number of guanidine groups is 1. The smallest absolute Gasteiger partial charge is 0.191 e. The molecule has 2 fully saturated rings. The molecular weight excluding hydrogens is 378 g/mol. The van der Waals surface area contributed by atoms with Crippen LogP contribution in [0.5, 0.6) is 0 Å². The maximum atomic E-state index is 4.42. The van der Waals surface area contributed by atoms with Crippen molar-refractivity contribution < 1.29 is 0 Å². The molecule has 1 atom stereocenters. The Balaban J connectivity index is 1.46. The van der Waals surface area contributed by atoms with Crippen LogP contribution in [0, 0.1) is 5.92 Å². The first-order valence-corrected chi connectivity index (χ1v) is 10.1. The van der Waals surface area contributed by atoms with E-state index in [4.69, 9.17) is 0 Å². The topological polar surface area (TPSA) is 42.9 Å². The Bertz CT molecular complexity index is 583. The highest BCUT2D eigenvalue weighted by Gasteiger charge is 2.25. The maximum absolute atomic E-state index is 4.42. The third-order valence-corrected chi connectivity index (χ3v) is 6.01. The SMILES string of the molecule is CN=C(NCC1CCN(C)CC1)NC1CCN(c2ccccc2Br)C1. The first-order chi connectivity index (χ1) is 12.2. The number of halogens is 1. The number of para-hydroxylation sites is 1. The first kappa shape index (κ1) is 18.5. The molecule has 0 aliphatic carbocycles. The van der Waals surface area contributed by atoms with Crippen molar-refractivity contribution in [3.63, 3.8) is 0 Å². The van der Waals surface area contributed by atoms with Gasteiger partial charge in [0.1, 0.15) is 0 Å². The number of aliphatic imine (C=N–C) groups is 1. The molecule has 25 heavy (non-hydrogen) atoms. The van der Waals surface area contributed by atoms with Crippen LogP contribution in [0.1, 0.15) is 19.3 Å². The van der Waals surface area contributed by atoms with Gasteiger partial charge in [-0.15, -0.1) is 0 Å². The van der Waals surface area contributed by atoms with Crippen molar-refractivity contribution in [2.75, 3.05) is 51.7 Å². The second-order valence-electron chi connectivity index (χ2n) is 7.23. The summed E-state index contributed by atoms with van der Waals surface area (Å²) in [5, 5.41) is 7.14. The summed E-state index contributed by atoms with van der Waals surface area (Å²) >= 11 is 3.66. The molecule has 0 radical (unpaired) electrons. The summed E-state index contributed by atoms with van der Waals surface area (Å²) in [7, 11) is 4.07. The van der Waals surface area contributed by atoms with E-state index >= 15 is 0 Å². The van der Waals surface area contributed by atoms with Crippen LogP contribution in [0.3, 0.4) is 0 Å². The Morgan fingerprint density at radius 2 is 1.96 bits per heavy atom. The maximum Gasteiger partial charge on any atom is 0.191 e. The molecule has 2 N–H and O–H groups in total. The van der Waals surface area contributed by atoms with Crippen molar-refractivity contribution in [1.29, 1.82) is 0 Å². The van der Waals surface area contributed by atoms with Gasteiger partial charge in [-0.2, -0.15) is 0 Å². The average molecular weight is 408 g/mol. The molecule has 3 rings (SSSR count). The highest BCUT2D eigenvalue weighted by atomic mass is 79.9. The predicted molar refractivity (Wildman–Crippen MR) is 109 cm³/mol. The van der Waals surface area contributed by atoms with E-state index < -0.39 is 0 Å². The van der Waals surface area contributed by atoms with Gasteiger partial charge >= 0.3 is 0 Å². The average Bonchev–Trinajstić information content (AvgIpc) is 3.08. The molecule has 0 amide bonds. The number of piperidine rings is 1. The number of likely N-dealkylation sites (tertiary alicyclic amines) is 1. The normalized spacial score (nSPS) is 23.1. The highest BCUT2D eigenvalue weighted by Crippen LogP contribution is 2.28. The van der Waals surface area contributed by atoms with Crippen LogP contribution in [0.2, 0.25) is 0 Å². The predicted octanol–water partition coefficient (Wildman–Crippen LogP) is 2.53. The van der Waals surface area contributed by atoms with E-state index in [1.165, 1.54) is 36.1 Å². The summed E-state index contributed by atoms with van der Waals surface area (Å²) in [5.41, 5.74) is 1.28.